The molecule has 0 saturated carbocycles. The maximum atomic E-state index is 5.62. The SMILES string of the molecule is CNC1CCCCc2cn(CCOC(C)C)cc21. The first kappa shape index (κ1) is 13.6. The summed E-state index contributed by atoms with van der Waals surface area (Å²) in [6, 6.07) is 0.537. The van der Waals surface area contributed by atoms with E-state index in [9.17, 15) is 0 Å². The fourth-order valence-corrected chi connectivity index (χ4v) is 2.74. The van der Waals surface area contributed by atoms with Gasteiger partial charge in [-0.25, -0.2) is 0 Å². The second-order valence-electron chi connectivity index (χ2n) is 5.48. The van der Waals surface area contributed by atoms with Crippen LogP contribution in [0.25, 0.3) is 0 Å². The molecular weight excluding hydrogens is 224 g/mol. The van der Waals surface area contributed by atoms with Crippen molar-refractivity contribution in [1.82, 2.24) is 9.88 Å². The molecule has 1 aromatic rings. The highest BCUT2D eigenvalue weighted by atomic mass is 16.5. The zero-order valence-electron chi connectivity index (χ0n) is 11.9. The second kappa shape index (κ2) is 6.39. The van der Waals surface area contributed by atoms with Crippen molar-refractivity contribution >= 4 is 0 Å². The highest BCUT2D eigenvalue weighted by Gasteiger charge is 2.18. The largest absolute Gasteiger partial charge is 0.377 e. The van der Waals surface area contributed by atoms with Crippen molar-refractivity contribution in [2.45, 2.75) is 58.2 Å². The van der Waals surface area contributed by atoms with E-state index in [2.05, 4.69) is 43.2 Å². The minimum Gasteiger partial charge on any atom is -0.377 e. The van der Waals surface area contributed by atoms with Crippen LogP contribution < -0.4 is 5.32 Å². The second-order valence-corrected chi connectivity index (χ2v) is 5.48. The minimum absolute atomic E-state index is 0.323. The molecule has 2 rings (SSSR count). The number of hydrogen-bond acceptors (Lipinski definition) is 2. The van der Waals surface area contributed by atoms with Crippen LogP contribution in [0.2, 0.25) is 0 Å². The molecule has 3 nitrogen and oxygen atoms in total. The average molecular weight is 250 g/mol. The van der Waals surface area contributed by atoms with Gasteiger partial charge in [0, 0.05) is 25.0 Å². The minimum atomic E-state index is 0.323. The predicted molar refractivity (Wildman–Crippen MR) is 74.9 cm³/mol. The Balaban J connectivity index is 2.02. The summed E-state index contributed by atoms with van der Waals surface area (Å²) in [6.07, 6.45) is 10.1. The van der Waals surface area contributed by atoms with Crippen LogP contribution in [0, 0.1) is 0 Å². The molecule has 0 fully saturated rings. The number of hydrogen-bond donors (Lipinski definition) is 1. The predicted octanol–water partition coefficient (Wildman–Crippen LogP) is 2.90. The van der Waals surface area contributed by atoms with E-state index in [0.717, 1.165) is 13.2 Å². The third-order valence-corrected chi connectivity index (χ3v) is 3.71. The van der Waals surface area contributed by atoms with Crippen LogP contribution in [0.15, 0.2) is 12.4 Å². The van der Waals surface area contributed by atoms with Crippen LogP contribution in [-0.4, -0.2) is 24.3 Å². The summed E-state index contributed by atoms with van der Waals surface area (Å²) in [4.78, 5) is 0. The number of nitrogens with one attached hydrogen (secondary N) is 1. The lowest BCUT2D eigenvalue weighted by atomic mass is 10.1. The van der Waals surface area contributed by atoms with Crippen molar-refractivity contribution in [3.63, 3.8) is 0 Å². The molecule has 18 heavy (non-hydrogen) atoms. The van der Waals surface area contributed by atoms with Crippen LogP contribution in [0.3, 0.4) is 0 Å². The van der Waals surface area contributed by atoms with Crippen molar-refractivity contribution in [3.8, 4) is 0 Å². The van der Waals surface area contributed by atoms with Gasteiger partial charge in [0.05, 0.1) is 12.7 Å². The molecular formula is C15H26N2O. The Morgan fingerprint density at radius 3 is 2.94 bits per heavy atom. The summed E-state index contributed by atoms with van der Waals surface area (Å²) in [5.74, 6) is 0. The van der Waals surface area contributed by atoms with Crippen LogP contribution in [-0.2, 0) is 17.7 Å². The van der Waals surface area contributed by atoms with Crippen LogP contribution in [0.4, 0.5) is 0 Å². The molecule has 102 valence electrons. The van der Waals surface area contributed by atoms with Gasteiger partial charge >= 0.3 is 0 Å². The number of rotatable bonds is 5. The zero-order chi connectivity index (χ0) is 13.0. The Hall–Kier alpha value is -0.800. The summed E-state index contributed by atoms with van der Waals surface area (Å²) in [5.41, 5.74) is 3.02. The molecule has 1 aliphatic carbocycles. The molecule has 0 aliphatic heterocycles. The first-order chi connectivity index (χ1) is 8.70. The van der Waals surface area contributed by atoms with Gasteiger partial charge in [0.15, 0.2) is 0 Å². The number of ether oxygens (including phenoxy) is 1. The van der Waals surface area contributed by atoms with E-state index in [1.807, 2.05) is 0 Å². The molecule has 1 aromatic heterocycles. The fraction of sp³-hybridized carbons (Fsp3) is 0.733. The zero-order valence-corrected chi connectivity index (χ0v) is 11.9. The monoisotopic (exact) mass is 250 g/mol. The maximum absolute atomic E-state index is 5.62. The van der Waals surface area contributed by atoms with E-state index in [0.29, 0.717) is 12.1 Å². The van der Waals surface area contributed by atoms with E-state index in [-0.39, 0.29) is 0 Å². The molecule has 3 heteroatoms. The topological polar surface area (TPSA) is 26.2 Å². The Morgan fingerprint density at radius 1 is 1.39 bits per heavy atom. The van der Waals surface area contributed by atoms with Gasteiger partial charge < -0.3 is 14.6 Å². The molecule has 0 radical (unpaired) electrons. The van der Waals surface area contributed by atoms with Crippen molar-refractivity contribution in [1.29, 1.82) is 0 Å². The highest BCUT2D eigenvalue weighted by molar-refractivity contribution is 5.29. The summed E-state index contributed by atoms with van der Waals surface area (Å²) in [6.45, 7) is 5.93. The highest BCUT2D eigenvalue weighted by Crippen LogP contribution is 2.29. The lowest BCUT2D eigenvalue weighted by molar-refractivity contribution is 0.0728. The molecule has 1 atom stereocenters. The third-order valence-electron chi connectivity index (χ3n) is 3.71. The van der Waals surface area contributed by atoms with Crippen molar-refractivity contribution in [3.05, 3.63) is 23.5 Å². The van der Waals surface area contributed by atoms with E-state index in [1.54, 1.807) is 0 Å². The molecule has 0 amide bonds. The number of aromatic nitrogens is 1. The van der Waals surface area contributed by atoms with E-state index in [4.69, 9.17) is 4.74 Å². The Morgan fingerprint density at radius 2 is 2.22 bits per heavy atom. The van der Waals surface area contributed by atoms with Crippen LogP contribution >= 0.6 is 0 Å². The van der Waals surface area contributed by atoms with Gasteiger partial charge in [0.25, 0.3) is 0 Å². The van der Waals surface area contributed by atoms with Crippen LogP contribution in [0.1, 0.15) is 50.3 Å². The molecule has 1 heterocycles. The van der Waals surface area contributed by atoms with Gasteiger partial charge in [-0.3, -0.25) is 0 Å². The smallest absolute Gasteiger partial charge is 0.0648 e. The van der Waals surface area contributed by atoms with Gasteiger partial charge in [-0.05, 0) is 51.3 Å². The summed E-state index contributed by atoms with van der Waals surface area (Å²) < 4.78 is 7.91. The van der Waals surface area contributed by atoms with E-state index in [1.165, 1.54) is 36.8 Å². The first-order valence-corrected chi connectivity index (χ1v) is 7.18. The molecule has 0 bridgehead atoms. The molecule has 0 aromatic carbocycles. The van der Waals surface area contributed by atoms with Crippen LogP contribution in [0.5, 0.6) is 0 Å². The van der Waals surface area contributed by atoms with Gasteiger partial charge in [-0.1, -0.05) is 6.42 Å². The Kier molecular flexibility index (Phi) is 4.84. The van der Waals surface area contributed by atoms with E-state index >= 15 is 0 Å². The summed E-state index contributed by atoms with van der Waals surface area (Å²) >= 11 is 0. The number of aryl methyl sites for hydroxylation is 1. The van der Waals surface area contributed by atoms with Gasteiger partial charge in [0.1, 0.15) is 0 Å². The molecule has 0 spiro atoms. The number of nitrogens with zero attached hydrogens (tertiary/aromatic N) is 1. The van der Waals surface area contributed by atoms with Gasteiger partial charge in [-0.2, -0.15) is 0 Å². The Bertz CT molecular complexity index is 371. The maximum Gasteiger partial charge on any atom is 0.0648 e. The third kappa shape index (κ3) is 3.36. The lowest BCUT2D eigenvalue weighted by Gasteiger charge is -2.13. The molecule has 0 saturated heterocycles. The molecule has 1 N–H and O–H groups in total. The summed E-state index contributed by atoms with van der Waals surface area (Å²) in [5, 5.41) is 3.44. The van der Waals surface area contributed by atoms with Gasteiger partial charge in [-0.15, -0.1) is 0 Å². The summed E-state index contributed by atoms with van der Waals surface area (Å²) in [7, 11) is 2.07. The van der Waals surface area contributed by atoms with E-state index < -0.39 is 0 Å². The van der Waals surface area contributed by atoms with Gasteiger partial charge in [0.2, 0.25) is 0 Å². The Labute approximate surface area is 111 Å². The van der Waals surface area contributed by atoms with Crippen molar-refractivity contribution in [2.24, 2.45) is 0 Å². The van der Waals surface area contributed by atoms with Crippen molar-refractivity contribution < 1.29 is 4.74 Å². The molecule has 1 unspecified atom stereocenters. The first-order valence-electron chi connectivity index (χ1n) is 7.18. The molecule has 1 aliphatic rings. The normalized spacial score (nSPS) is 19.9. The van der Waals surface area contributed by atoms with Crippen molar-refractivity contribution in [2.75, 3.05) is 13.7 Å². The number of fused-ring (bicyclic) bond motifs is 1. The fourth-order valence-electron chi connectivity index (χ4n) is 2.74. The quantitative estimate of drug-likeness (QED) is 0.813. The lowest BCUT2D eigenvalue weighted by Crippen LogP contribution is -2.15. The average Bonchev–Trinajstić information content (AvgIpc) is 2.63. The standard InChI is InChI=1S/C15H26N2O/c1-12(2)18-9-8-17-10-13-6-4-5-7-15(16-3)14(13)11-17/h10-12,15-16H,4-9H2,1-3H3.